The Labute approximate surface area is 56.9 Å². The van der Waals surface area contributed by atoms with Gasteiger partial charge in [-0.1, -0.05) is 12.8 Å². The highest BCUT2D eigenvalue weighted by Gasteiger charge is 2.20. The summed E-state index contributed by atoms with van der Waals surface area (Å²) < 4.78 is 23.9. The smallest absolute Gasteiger partial charge is 0.0842 e. The van der Waals surface area contributed by atoms with Crippen molar-refractivity contribution in [2.45, 2.75) is 19.3 Å². The second-order valence-electron chi connectivity index (χ2n) is 2.26. The monoisotopic (exact) mass is 149 g/mol. The van der Waals surface area contributed by atoms with Gasteiger partial charge >= 0.3 is 0 Å². The van der Waals surface area contributed by atoms with E-state index in [4.69, 9.17) is 0 Å². The van der Waals surface area contributed by atoms with E-state index in [1.54, 1.807) is 0 Å². The molecule has 1 aliphatic carbocycles. The topological polar surface area (TPSA) is 49.4 Å². The molecule has 0 amide bonds. The first-order chi connectivity index (χ1) is 4.29. The molecule has 9 heavy (non-hydrogen) atoms. The molecule has 0 aromatic rings. The van der Waals surface area contributed by atoms with Crippen molar-refractivity contribution in [1.82, 2.24) is 0 Å². The molecule has 4 heteroatoms. The Morgan fingerprint density at radius 3 is 2.78 bits per heavy atom. The van der Waals surface area contributed by atoms with Gasteiger partial charge in [-0.2, -0.15) is 0 Å². The molecular formula is C5H9O3S-. The zero-order valence-electron chi connectivity index (χ0n) is 5.04. The third-order valence-corrected chi connectivity index (χ3v) is 1.76. The third-order valence-electron chi connectivity index (χ3n) is 1.40. The minimum absolute atomic E-state index is 0.362. The molecule has 1 fully saturated rings. The second kappa shape index (κ2) is 3.29. The SMILES string of the molecule is O=S([O-])OCCC1CC1. The minimum atomic E-state index is -2.30. The first-order valence-corrected chi connectivity index (χ1v) is 4.01. The Morgan fingerprint density at radius 1 is 1.67 bits per heavy atom. The van der Waals surface area contributed by atoms with Crippen LogP contribution in [-0.4, -0.2) is 15.4 Å². The van der Waals surface area contributed by atoms with Crippen molar-refractivity contribution in [3.63, 3.8) is 0 Å². The van der Waals surface area contributed by atoms with Gasteiger partial charge in [-0.15, -0.1) is 0 Å². The third kappa shape index (κ3) is 3.61. The summed E-state index contributed by atoms with van der Waals surface area (Å²) in [4.78, 5) is 0. The molecule has 0 saturated heterocycles. The largest absolute Gasteiger partial charge is 0.750 e. The summed E-state index contributed by atoms with van der Waals surface area (Å²) in [6.45, 7) is 0.362. The fourth-order valence-electron chi connectivity index (χ4n) is 0.689. The van der Waals surface area contributed by atoms with E-state index in [2.05, 4.69) is 4.18 Å². The normalized spacial score (nSPS) is 21.9. The molecule has 0 radical (unpaired) electrons. The van der Waals surface area contributed by atoms with Crippen molar-refractivity contribution >= 4 is 11.4 Å². The fourth-order valence-corrected chi connectivity index (χ4v) is 0.922. The first-order valence-electron chi connectivity index (χ1n) is 3.01. The Morgan fingerprint density at radius 2 is 2.33 bits per heavy atom. The summed E-state index contributed by atoms with van der Waals surface area (Å²) in [6.07, 6.45) is 3.39. The van der Waals surface area contributed by atoms with Crippen LogP contribution in [0.25, 0.3) is 0 Å². The van der Waals surface area contributed by atoms with Crippen LogP contribution in [0, 0.1) is 5.92 Å². The van der Waals surface area contributed by atoms with E-state index in [0.29, 0.717) is 6.61 Å². The van der Waals surface area contributed by atoms with Crippen molar-refractivity contribution in [1.29, 1.82) is 0 Å². The molecule has 0 aromatic heterocycles. The highest BCUT2D eigenvalue weighted by molar-refractivity contribution is 7.74. The van der Waals surface area contributed by atoms with Crippen molar-refractivity contribution in [2.24, 2.45) is 5.92 Å². The van der Waals surface area contributed by atoms with E-state index in [1.807, 2.05) is 0 Å². The van der Waals surface area contributed by atoms with Crippen LogP contribution in [0.4, 0.5) is 0 Å². The Hall–Kier alpha value is 0.0700. The standard InChI is InChI=1S/C5H10O3S/c6-9(7)8-4-3-5-1-2-5/h5H,1-4H2,(H,6,7)/p-1. The molecule has 0 spiro atoms. The fraction of sp³-hybridized carbons (Fsp3) is 1.00. The van der Waals surface area contributed by atoms with Crippen LogP contribution in [0.5, 0.6) is 0 Å². The summed E-state index contributed by atoms with van der Waals surface area (Å²) in [6, 6.07) is 0. The number of hydrogen-bond donors (Lipinski definition) is 0. The van der Waals surface area contributed by atoms with Crippen LogP contribution in [0.3, 0.4) is 0 Å². The van der Waals surface area contributed by atoms with E-state index in [0.717, 1.165) is 12.3 Å². The van der Waals surface area contributed by atoms with Gasteiger partial charge in [0, 0.05) is 0 Å². The molecule has 0 aromatic carbocycles. The maximum absolute atomic E-state index is 9.78. The Bertz CT molecular complexity index is 111. The lowest BCUT2D eigenvalue weighted by molar-refractivity contribution is 0.289. The molecule has 0 bridgehead atoms. The molecule has 0 aliphatic heterocycles. The molecule has 1 aliphatic rings. The van der Waals surface area contributed by atoms with Gasteiger partial charge in [0.05, 0.1) is 18.0 Å². The average molecular weight is 149 g/mol. The van der Waals surface area contributed by atoms with Gasteiger partial charge in [-0.05, 0) is 12.3 Å². The zero-order valence-corrected chi connectivity index (χ0v) is 5.86. The van der Waals surface area contributed by atoms with Crippen molar-refractivity contribution in [3.05, 3.63) is 0 Å². The molecule has 1 atom stereocenters. The van der Waals surface area contributed by atoms with Gasteiger partial charge in [0.15, 0.2) is 0 Å². The maximum atomic E-state index is 9.78. The predicted octanol–water partition coefficient (Wildman–Crippen LogP) is 0.597. The van der Waals surface area contributed by atoms with E-state index < -0.39 is 11.4 Å². The molecule has 0 N–H and O–H groups in total. The molecule has 1 unspecified atom stereocenters. The quantitative estimate of drug-likeness (QED) is 0.550. The van der Waals surface area contributed by atoms with Crippen molar-refractivity contribution < 1.29 is 12.9 Å². The van der Waals surface area contributed by atoms with Gasteiger partial charge in [0.25, 0.3) is 0 Å². The maximum Gasteiger partial charge on any atom is 0.0842 e. The first kappa shape index (κ1) is 7.18. The zero-order chi connectivity index (χ0) is 6.69. The molecule has 0 heterocycles. The molecule has 3 nitrogen and oxygen atoms in total. The van der Waals surface area contributed by atoms with Crippen molar-refractivity contribution in [3.8, 4) is 0 Å². The van der Waals surface area contributed by atoms with E-state index in [1.165, 1.54) is 12.8 Å². The van der Waals surface area contributed by atoms with Gasteiger partial charge in [0.1, 0.15) is 0 Å². The average Bonchev–Trinajstić information content (AvgIpc) is 2.48. The number of hydrogen-bond acceptors (Lipinski definition) is 3. The molecule has 1 rings (SSSR count). The molecular weight excluding hydrogens is 140 g/mol. The minimum Gasteiger partial charge on any atom is -0.750 e. The second-order valence-corrected chi connectivity index (χ2v) is 2.90. The predicted molar refractivity (Wildman–Crippen MR) is 32.2 cm³/mol. The van der Waals surface area contributed by atoms with Crippen LogP contribution >= 0.6 is 0 Å². The highest BCUT2D eigenvalue weighted by Crippen LogP contribution is 2.32. The van der Waals surface area contributed by atoms with Gasteiger partial charge < -0.3 is 8.74 Å². The lowest BCUT2D eigenvalue weighted by Crippen LogP contribution is -1.97. The Balaban J connectivity index is 1.86. The molecule has 1 saturated carbocycles. The van der Waals surface area contributed by atoms with E-state index >= 15 is 0 Å². The highest BCUT2D eigenvalue weighted by atomic mass is 32.2. The van der Waals surface area contributed by atoms with Gasteiger partial charge in [0.2, 0.25) is 0 Å². The summed E-state index contributed by atoms with van der Waals surface area (Å²) in [5.74, 6) is 0.744. The van der Waals surface area contributed by atoms with Crippen LogP contribution < -0.4 is 0 Å². The summed E-state index contributed by atoms with van der Waals surface area (Å²) in [7, 11) is 0. The summed E-state index contributed by atoms with van der Waals surface area (Å²) in [5.41, 5.74) is 0. The van der Waals surface area contributed by atoms with Crippen LogP contribution in [0.2, 0.25) is 0 Å². The molecule has 54 valence electrons. The van der Waals surface area contributed by atoms with Crippen LogP contribution in [-0.2, 0) is 15.5 Å². The summed E-state index contributed by atoms with van der Waals surface area (Å²) in [5, 5.41) is 0. The van der Waals surface area contributed by atoms with E-state index in [9.17, 15) is 8.76 Å². The number of rotatable bonds is 4. The summed E-state index contributed by atoms with van der Waals surface area (Å²) >= 11 is -2.30. The van der Waals surface area contributed by atoms with Gasteiger partial charge in [-0.3, -0.25) is 0 Å². The van der Waals surface area contributed by atoms with Crippen LogP contribution in [0.1, 0.15) is 19.3 Å². The Kier molecular flexibility index (Phi) is 2.63. The lowest BCUT2D eigenvalue weighted by Gasteiger charge is -2.03. The van der Waals surface area contributed by atoms with Gasteiger partial charge in [-0.25, -0.2) is 4.21 Å². The van der Waals surface area contributed by atoms with E-state index in [-0.39, 0.29) is 0 Å². The lowest BCUT2D eigenvalue weighted by atomic mass is 10.3. The van der Waals surface area contributed by atoms with Crippen LogP contribution in [0.15, 0.2) is 0 Å². The van der Waals surface area contributed by atoms with Crippen molar-refractivity contribution in [2.75, 3.05) is 6.61 Å².